The minimum Gasteiger partial charge on any atom is -0.344 e. The molecule has 2 aromatic heterocycles. The summed E-state index contributed by atoms with van der Waals surface area (Å²) in [7, 11) is 0. The Morgan fingerprint density at radius 1 is 1.48 bits per heavy atom. The zero-order chi connectivity index (χ0) is 13.9. The zero-order valence-corrected chi connectivity index (χ0v) is 14.0. The van der Waals surface area contributed by atoms with Crippen LogP contribution in [-0.4, -0.2) is 17.4 Å². The largest absolute Gasteiger partial charge is 0.344 e. The summed E-state index contributed by atoms with van der Waals surface area (Å²) in [6.45, 7) is 0.565. The van der Waals surface area contributed by atoms with Crippen molar-refractivity contribution in [3.05, 3.63) is 38.0 Å². The maximum atomic E-state index is 12.3. The van der Waals surface area contributed by atoms with Crippen LogP contribution in [0, 0.1) is 0 Å². The van der Waals surface area contributed by atoms with Crippen LogP contribution in [0.4, 0.5) is 0 Å². The summed E-state index contributed by atoms with van der Waals surface area (Å²) in [4.78, 5) is 18.0. The van der Waals surface area contributed by atoms with Crippen LogP contribution >= 0.6 is 35.1 Å². The lowest BCUT2D eigenvalue weighted by Crippen LogP contribution is -2.30. The van der Waals surface area contributed by atoms with E-state index in [0.717, 1.165) is 30.7 Å². The number of hydrogen-bond acceptors (Lipinski definition) is 5. The molecular weight excluding hydrogens is 326 g/mol. The number of thiazole rings is 1. The molecule has 0 saturated heterocycles. The third-order valence-corrected chi connectivity index (χ3v) is 5.40. The lowest BCUT2D eigenvalue weighted by atomic mass is 9.94. The van der Waals surface area contributed by atoms with E-state index in [-0.39, 0.29) is 24.4 Å². The maximum Gasteiger partial charge on any atom is 0.271 e. The molecule has 0 aromatic carbocycles. The van der Waals surface area contributed by atoms with E-state index in [4.69, 9.17) is 5.73 Å². The van der Waals surface area contributed by atoms with E-state index in [1.54, 1.807) is 11.3 Å². The first-order chi connectivity index (χ1) is 9.78. The van der Waals surface area contributed by atoms with Crippen molar-refractivity contribution in [3.8, 4) is 0 Å². The average Bonchev–Trinajstić information content (AvgIpc) is 3.08. The summed E-state index contributed by atoms with van der Waals surface area (Å²) >= 11 is 3.29. The highest BCUT2D eigenvalue weighted by molar-refractivity contribution is 7.10. The molecule has 114 valence electrons. The van der Waals surface area contributed by atoms with Gasteiger partial charge in [0.25, 0.3) is 5.91 Å². The molecule has 21 heavy (non-hydrogen) atoms. The molecule has 4 nitrogen and oxygen atoms in total. The second-order valence-electron chi connectivity index (χ2n) is 4.88. The second-order valence-corrected chi connectivity index (χ2v) is 6.83. The Bertz CT molecular complexity index is 611. The van der Waals surface area contributed by atoms with Gasteiger partial charge in [-0.25, -0.2) is 4.98 Å². The molecule has 2 aromatic rings. The van der Waals surface area contributed by atoms with Crippen LogP contribution < -0.4 is 11.1 Å². The molecule has 0 saturated carbocycles. The molecule has 1 atom stereocenters. The maximum absolute atomic E-state index is 12.3. The van der Waals surface area contributed by atoms with Gasteiger partial charge in [-0.05, 0) is 42.8 Å². The molecule has 3 rings (SSSR count). The standard InChI is InChI=1S/C14H17N3OS2.ClH/c15-6-4-13-16-11(8-20-13)14(18)17-10-2-1-3-12-9(10)5-7-19-12;/h5,7-8,10H,1-4,6,15H2,(H,17,18);1H. The lowest BCUT2D eigenvalue weighted by molar-refractivity contribution is 0.0928. The number of fused-ring (bicyclic) bond motifs is 1. The SMILES string of the molecule is Cl.NCCc1nc(C(=O)NC2CCCc3sccc32)cs1. The van der Waals surface area contributed by atoms with Gasteiger partial charge in [0.2, 0.25) is 0 Å². The Morgan fingerprint density at radius 3 is 3.14 bits per heavy atom. The number of halogens is 1. The summed E-state index contributed by atoms with van der Waals surface area (Å²) in [5.74, 6) is -0.0754. The van der Waals surface area contributed by atoms with Crippen molar-refractivity contribution >= 4 is 41.0 Å². The van der Waals surface area contributed by atoms with Crippen molar-refractivity contribution in [2.45, 2.75) is 31.7 Å². The highest BCUT2D eigenvalue weighted by atomic mass is 35.5. The van der Waals surface area contributed by atoms with Crippen LogP contribution in [0.1, 0.15) is 44.8 Å². The van der Waals surface area contributed by atoms with Crippen LogP contribution in [0.2, 0.25) is 0 Å². The van der Waals surface area contributed by atoms with Gasteiger partial charge in [-0.15, -0.1) is 35.1 Å². The van der Waals surface area contributed by atoms with Crippen LogP contribution in [0.25, 0.3) is 0 Å². The first-order valence-corrected chi connectivity index (χ1v) is 8.55. The number of thiophene rings is 1. The molecular formula is C14H18ClN3OS2. The van der Waals surface area contributed by atoms with Crippen LogP contribution in [-0.2, 0) is 12.8 Å². The first-order valence-electron chi connectivity index (χ1n) is 6.79. The molecule has 7 heteroatoms. The lowest BCUT2D eigenvalue weighted by Gasteiger charge is -2.23. The van der Waals surface area contributed by atoms with Gasteiger partial charge in [-0.1, -0.05) is 0 Å². The smallest absolute Gasteiger partial charge is 0.271 e. The normalized spacial score (nSPS) is 16.9. The van der Waals surface area contributed by atoms with E-state index in [2.05, 4.69) is 21.7 Å². The molecule has 0 radical (unpaired) electrons. The van der Waals surface area contributed by atoms with E-state index < -0.39 is 0 Å². The predicted octanol–water partition coefficient (Wildman–Crippen LogP) is 2.94. The summed E-state index contributed by atoms with van der Waals surface area (Å²) in [6, 6.07) is 2.27. The number of aromatic nitrogens is 1. The Kier molecular flexibility index (Phi) is 5.75. The van der Waals surface area contributed by atoms with Crippen molar-refractivity contribution in [2.75, 3.05) is 6.54 Å². The van der Waals surface area contributed by atoms with Gasteiger partial charge in [0.05, 0.1) is 11.0 Å². The van der Waals surface area contributed by atoms with Gasteiger partial charge in [-0.2, -0.15) is 0 Å². The molecule has 3 N–H and O–H groups in total. The summed E-state index contributed by atoms with van der Waals surface area (Å²) < 4.78 is 0. The van der Waals surface area contributed by atoms with Crippen molar-refractivity contribution in [2.24, 2.45) is 5.73 Å². The van der Waals surface area contributed by atoms with E-state index in [0.29, 0.717) is 12.2 Å². The van der Waals surface area contributed by atoms with Gasteiger partial charge in [0.1, 0.15) is 5.69 Å². The van der Waals surface area contributed by atoms with Crippen molar-refractivity contribution in [3.63, 3.8) is 0 Å². The van der Waals surface area contributed by atoms with Crippen LogP contribution in [0.3, 0.4) is 0 Å². The van der Waals surface area contributed by atoms with Crippen molar-refractivity contribution < 1.29 is 4.79 Å². The molecule has 0 aliphatic heterocycles. The number of carbonyl (C=O) groups is 1. The van der Waals surface area contributed by atoms with Gasteiger partial charge in [0.15, 0.2) is 0 Å². The minimum absolute atomic E-state index is 0. The molecule has 1 aliphatic carbocycles. The number of nitrogens with one attached hydrogen (secondary N) is 1. The van der Waals surface area contributed by atoms with E-state index in [9.17, 15) is 4.79 Å². The molecule has 1 unspecified atom stereocenters. The van der Waals surface area contributed by atoms with Crippen molar-refractivity contribution in [1.29, 1.82) is 0 Å². The van der Waals surface area contributed by atoms with E-state index in [1.807, 2.05) is 5.38 Å². The second kappa shape index (κ2) is 7.35. The summed E-state index contributed by atoms with van der Waals surface area (Å²) in [5, 5.41) is 7.97. The van der Waals surface area contributed by atoms with Gasteiger partial charge < -0.3 is 11.1 Å². The van der Waals surface area contributed by atoms with Crippen molar-refractivity contribution in [1.82, 2.24) is 10.3 Å². The monoisotopic (exact) mass is 343 g/mol. The van der Waals surface area contributed by atoms with Gasteiger partial charge in [-0.3, -0.25) is 4.79 Å². The number of rotatable bonds is 4. The third kappa shape index (κ3) is 3.63. The Balaban J connectivity index is 0.00000161. The zero-order valence-electron chi connectivity index (χ0n) is 11.5. The third-order valence-electron chi connectivity index (χ3n) is 3.50. The average molecular weight is 344 g/mol. The van der Waals surface area contributed by atoms with E-state index in [1.165, 1.54) is 21.8 Å². The highest BCUT2D eigenvalue weighted by Gasteiger charge is 2.23. The fourth-order valence-corrected chi connectivity index (χ4v) is 4.30. The Labute approximate surface area is 138 Å². The fraction of sp³-hybridized carbons (Fsp3) is 0.429. The molecule has 0 spiro atoms. The summed E-state index contributed by atoms with van der Waals surface area (Å²) in [5.41, 5.74) is 7.30. The number of carbonyl (C=O) groups excluding carboxylic acids is 1. The highest BCUT2D eigenvalue weighted by Crippen LogP contribution is 2.33. The van der Waals surface area contributed by atoms with E-state index >= 15 is 0 Å². The number of amides is 1. The Morgan fingerprint density at radius 2 is 2.33 bits per heavy atom. The number of nitrogens with zero attached hydrogens (tertiary/aromatic N) is 1. The Hall–Kier alpha value is -0.950. The predicted molar refractivity (Wildman–Crippen MR) is 89.6 cm³/mol. The van der Waals surface area contributed by atoms with Gasteiger partial charge in [0, 0.05) is 16.7 Å². The molecule has 0 bridgehead atoms. The first kappa shape index (κ1) is 16.4. The van der Waals surface area contributed by atoms with Crippen LogP contribution in [0.15, 0.2) is 16.8 Å². The number of nitrogens with two attached hydrogens (primary N) is 1. The topological polar surface area (TPSA) is 68.0 Å². The van der Waals surface area contributed by atoms with Gasteiger partial charge >= 0.3 is 0 Å². The van der Waals surface area contributed by atoms with Crippen LogP contribution in [0.5, 0.6) is 0 Å². The molecule has 1 amide bonds. The molecule has 2 heterocycles. The number of hydrogen-bond donors (Lipinski definition) is 2. The quantitative estimate of drug-likeness (QED) is 0.896. The minimum atomic E-state index is -0.0754. The fourth-order valence-electron chi connectivity index (χ4n) is 2.52. The summed E-state index contributed by atoms with van der Waals surface area (Å²) in [6.07, 6.45) is 4.01. The molecule has 1 aliphatic rings. The molecule has 0 fully saturated rings. The number of aryl methyl sites for hydroxylation is 1.